The van der Waals surface area contributed by atoms with E-state index in [4.69, 9.17) is 4.74 Å². The summed E-state index contributed by atoms with van der Waals surface area (Å²) >= 11 is 0. The smallest absolute Gasteiger partial charge is 0.253 e. The third-order valence-electron chi connectivity index (χ3n) is 4.94. The van der Waals surface area contributed by atoms with Crippen molar-refractivity contribution in [1.29, 1.82) is 0 Å². The van der Waals surface area contributed by atoms with Crippen molar-refractivity contribution < 1.29 is 14.3 Å². The number of amides is 2. The number of nitrogens with one attached hydrogen (secondary N) is 1. The second kappa shape index (κ2) is 9.59. The summed E-state index contributed by atoms with van der Waals surface area (Å²) in [5, 5.41) is 2.94. The highest BCUT2D eigenvalue weighted by Gasteiger charge is 2.27. The van der Waals surface area contributed by atoms with Gasteiger partial charge in [-0.1, -0.05) is 32.0 Å². The highest BCUT2D eigenvalue weighted by molar-refractivity contribution is 5.98. The van der Waals surface area contributed by atoms with Crippen LogP contribution in [-0.2, 0) is 4.79 Å². The Hall–Kier alpha value is -2.82. The molecule has 2 amide bonds. The summed E-state index contributed by atoms with van der Waals surface area (Å²) in [5.41, 5.74) is 2.90. The average molecular weight is 397 g/mol. The third-order valence-corrected chi connectivity index (χ3v) is 4.94. The van der Waals surface area contributed by atoms with Crippen LogP contribution in [0.25, 0.3) is 0 Å². The number of rotatable bonds is 8. The number of ether oxygens (including phenoxy) is 1. The van der Waals surface area contributed by atoms with Gasteiger partial charge in [0.15, 0.2) is 0 Å². The maximum Gasteiger partial charge on any atom is 0.253 e. The zero-order valence-electron chi connectivity index (χ0n) is 18.3. The SMILES string of the molecule is Cc1ccc(C)c(OCCCC(C)(C)C(=O)Nc2cccc(C(=O)N(C)C)c2)c1. The van der Waals surface area contributed by atoms with Gasteiger partial charge in [0.25, 0.3) is 5.91 Å². The Kier molecular flexibility index (Phi) is 7.43. The minimum absolute atomic E-state index is 0.0707. The van der Waals surface area contributed by atoms with E-state index < -0.39 is 5.41 Å². The Balaban J connectivity index is 1.90. The van der Waals surface area contributed by atoms with Gasteiger partial charge >= 0.3 is 0 Å². The molecule has 0 spiro atoms. The van der Waals surface area contributed by atoms with Gasteiger partial charge in [0, 0.05) is 30.8 Å². The van der Waals surface area contributed by atoms with Crippen LogP contribution in [0.15, 0.2) is 42.5 Å². The van der Waals surface area contributed by atoms with Gasteiger partial charge in [0.1, 0.15) is 5.75 Å². The topological polar surface area (TPSA) is 58.6 Å². The van der Waals surface area contributed by atoms with Crippen molar-refractivity contribution in [2.45, 2.75) is 40.5 Å². The highest BCUT2D eigenvalue weighted by atomic mass is 16.5. The molecule has 0 aliphatic carbocycles. The molecule has 156 valence electrons. The number of nitrogens with zero attached hydrogens (tertiary/aromatic N) is 1. The van der Waals surface area contributed by atoms with Gasteiger partial charge in [-0.2, -0.15) is 0 Å². The third kappa shape index (κ3) is 6.34. The van der Waals surface area contributed by atoms with Crippen molar-refractivity contribution in [2.75, 3.05) is 26.0 Å². The molecule has 2 aromatic carbocycles. The van der Waals surface area contributed by atoms with E-state index in [1.54, 1.807) is 38.4 Å². The summed E-state index contributed by atoms with van der Waals surface area (Å²) in [5.74, 6) is 0.734. The first-order chi connectivity index (χ1) is 13.6. The zero-order valence-corrected chi connectivity index (χ0v) is 18.3. The lowest BCUT2D eigenvalue weighted by molar-refractivity contribution is -0.124. The van der Waals surface area contributed by atoms with Crippen LogP contribution < -0.4 is 10.1 Å². The molecule has 29 heavy (non-hydrogen) atoms. The van der Waals surface area contributed by atoms with E-state index >= 15 is 0 Å². The van der Waals surface area contributed by atoms with Gasteiger partial charge in [-0.15, -0.1) is 0 Å². The second-order valence-electron chi connectivity index (χ2n) is 8.34. The van der Waals surface area contributed by atoms with Crippen molar-refractivity contribution in [3.63, 3.8) is 0 Å². The number of benzene rings is 2. The van der Waals surface area contributed by atoms with E-state index in [0.29, 0.717) is 24.3 Å². The Morgan fingerprint density at radius 3 is 2.48 bits per heavy atom. The van der Waals surface area contributed by atoms with Crippen LogP contribution in [0.1, 0.15) is 48.2 Å². The lowest BCUT2D eigenvalue weighted by Crippen LogP contribution is -2.31. The summed E-state index contributed by atoms with van der Waals surface area (Å²) < 4.78 is 5.90. The fourth-order valence-corrected chi connectivity index (χ4v) is 2.96. The van der Waals surface area contributed by atoms with Crippen LogP contribution in [0.4, 0.5) is 5.69 Å². The van der Waals surface area contributed by atoms with Gasteiger partial charge in [0.2, 0.25) is 5.91 Å². The molecule has 0 aromatic heterocycles. The standard InChI is InChI=1S/C24H32N2O3/c1-17-11-12-18(2)21(15-17)29-14-8-13-24(3,4)23(28)25-20-10-7-9-19(16-20)22(27)26(5)6/h7,9-12,15-16H,8,13-14H2,1-6H3,(H,25,28). The number of carbonyl (C=O) groups is 2. The van der Waals surface area contributed by atoms with Gasteiger partial charge in [-0.05, 0) is 62.1 Å². The summed E-state index contributed by atoms with van der Waals surface area (Å²) in [7, 11) is 3.41. The average Bonchev–Trinajstić information content (AvgIpc) is 2.67. The van der Waals surface area contributed by atoms with Crippen molar-refractivity contribution in [3.05, 3.63) is 59.2 Å². The summed E-state index contributed by atoms with van der Waals surface area (Å²) in [6.45, 7) is 8.49. The van der Waals surface area contributed by atoms with Gasteiger partial charge in [-0.25, -0.2) is 0 Å². The van der Waals surface area contributed by atoms with E-state index in [1.165, 1.54) is 10.5 Å². The maximum atomic E-state index is 12.8. The van der Waals surface area contributed by atoms with Crippen LogP contribution in [0.2, 0.25) is 0 Å². The second-order valence-corrected chi connectivity index (χ2v) is 8.34. The molecule has 0 saturated heterocycles. The molecule has 0 atom stereocenters. The van der Waals surface area contributed by atoms with Crippen LogP contribution in [-0.4, -0.2) is 37.4 Å². The van der Waals surface area contributed by atoms with Crippen molar-refractivity contribution in [1.82, 2.24) is 4.90 Å². The van der Waals surface area contributed by atoms with Gasteiger partial charge in [0.05, 0.1) is 6.61 Å². The molecule has 2 aromatic rings. The van der Waals surface area contributed by atoms with Crippen molar-refractivity contribution in [3.8, 4) is 5.75 Å². The Morgan fingerprint density at radius 1 is 1.07 bits per heavy atom. The molecule has 5 nitrogen and oxygen atoms in total. The first-order valence-corrected chi connectivity index (χ1v) is 9.93. The number of carbonyl (C=O) groups excluding carboxylic acids is 2. The normalized spacial score (nSPS) is 11.1. The molecule has 0 aliphatic rings. The monoisotopic (exact) mass is 396 g/mol. The van der Waals surface area contributed by atoms with Gasteiger partial charge in [-0.3, -0.25) is 9.59 Å². The number of anilines is 1. The minimum Gasteiger partial charge on any atom is -0.493 e. The molecule has 0 heterocycles. The fraction of sp³-hybridized carbons (Fsp3) is 0.417. The van der Waals surface area contributed by atoms with E-state index in [2.05, 4.69) is 17.4 Å². The van der Waals surface area contributed by atoms with Crippen LogP contribution in [0.5, 0.6) is 5.75 Å². The molecule has 0 unspecified atom stereocenters. The number of aryl methyl sites for hydroxylation is 2. The Labute approximate surface area is 174 Å². The van der Waals surface area contributed by atoms with E-state index in [9.17, 15) is 9.59 Å². The summed E-state index contributed by atoms with van der Waals surface area (Å²) in [6.07, 6.45) is 1.47. The molecule has 0 fully saturated rings. The predicted octanol–water partition coefficient (Wildman–Crippen LogP) is 4.83. The molecule has 0 radical (unpaired) electrons. The Bertz CT molecular complexity index is 872. The first kappa shape index (κ1) is 22.5. The van der Waals surface area contributed by atoms with Crippen LogP contribution in [0, 0.1) is 19.3 Å². The highest BCUT2D eigenvalue weighted by Crippen LogP contribution is 2.26. The van der Waals surface area contributed by atoms with Crippen LogP contribution in [0.3, 0.4) is 0 Å². The number of hydrogen-bond donors (Lipinski definition) is 1. The zero-order chi connectivity index (χ0) is 21.6. The molecular weight excluding hydrogens is 364 g/mol. The molecule has 0 saturated carbocycles. The molecule has 2 rings (SSSR count). The minimum atomic E-state index is -0.549. The largest absolute Gasteiger partial charge is 0.493 e. The van der Waals surface area contributed by atoms with E-state index in [-0.39, 0.29) is 11.8 Å². The molecule has 0 bridgehead atoms. The lowest BCUT2D eigenvalue weighted by atomic mass is 9.87. The molecular formula is C24H32N2O3. The fourth-order valence-electron chi connectivity index (χ4n) is 2.96. The van der Waals surface area contributed by atoms with E-state index in [0.717, 1.165) is 17.7 Å². The molecule has 5 heteroatoms. The first-order valence-electron chi connectivity index (χ1n) is 9.93. The lowest BCUT2D eigenvalue weighted by Gasteiger charge is -2.24. The predicted molar refractivity (Wildman–Crippen MR) is 118 cm³/mol. The Morgan fingerprint density at radius 2 is 1.79 bits per heavy atom. The summed E-state index contributed by atoms with van der Waals surface area (Å²) in [4.78, 5) is 26.4. The number of hydrogen-bond acceptors (Lipinski definition) is 3. The van der Waals surface area contributed by atoms with Gasteiger partial charge < -0.3 is 15.0 Å². The van der Waals surface area contributed by atoms with E-state index in [1.807, 2.05) is 33.8 Å². The van der Waals surface area contributed by atoms with Crippen LogP contribution >= 0.6 is 0 Å². The van der Waals surface area contributed by atoms with Crippen molar-refractivity contribution in [2.24, 2.45) is 5.41 Å². The maximum absolute atomic E-state index is 12.8. The summed E-state index contributed by atoms with van der Waals surface area (Å²) in [6, 6.07) is 13.2. The molecule has 0 aliphatic heterocycles. The van der Waals surface area contributed by atoms with Crippen molar-refractivity contribution >= 4 is 17.5 Å². The molecule has 1 N–H and O–H groups in total. The quantitative estimate of drug-likeness (QED) is 0.650.